The van der Waals surface area contributed by atoms with Crippen LogP contribution in [0, 0.1) is 6.92 Å². The molecule has 8 heteroatoms. The fourth-order valence-electron chi connectivity index (χ4n) is 2.54. The fourth-order valence-corrected chi connectivity index (χ4v) is 4.60. The van der Waals surface area contributed by atoms with Crippen LogP contribution >= 0.6 is 11.6 Å². The Balaban J connectivity index is 2.50. The molecule has 0 aliphatic carbocycles. The number of aryl methyl sites for hydroxylation is 1. The van der Waals surface area contributed by atoms with Crippen molar-refractivity contribution in [1.29, 1.82) is 0 Å². The van der Waals surface area contributed by atoms with Crippen LogP contribution in [0.2, 0.25) is 5.02 Å². The number of halogens is 1. The minimum absolute atomic E-state index is 0.182. The monoisotopic (exact) mass is 435 g/mol. The summed E-state index contributed by atoms with van der Waals surface area (Å²) in [7, 11) is 0.435. The Hall–Kier alpha value is -2.38. The third-order valence-electron chi connectivity index (χ3n) is 4.42. The minimum atomic E-state index is -2.99. The number of carbonyl (C=O) groups excluding carboxylic acids is 1. The molecule has 0 bridgehead atoms. The molecular weight excluding hydrogens is 410 g/mol. The van der Waals surface area contributed by atoms with Gasteiger partial charge in [0.25, 0.3) is 5.91 Å². The zero-order valence-electron chi connectivity index (χ0n) is 17.3. The molecule has 0 saturated heterocycles. The summed E-state index contributed by atoms with van der Waals surface area (Å²) in [6.07, 6.45) is 1.69. The Morgan fingerprint density at radius 3 is 2.62 bits per heavy atom. The van der Waals surface area contributed by atoms with Gasteiger partial charge in [0.2, 0.25) is 0 Å². The Kier molecular flexibility index (Phi) is 7.81. The number of hydrogen-bond acceptors (Lipinski definition) is 4. The van der Waals surface area contributed by atoms with E-state index in [9.17, 15) is 9.00 Å². The van der Waals surface area contributed by atoms with Gasteiger partial charge in [0.1, 0.15) is 5.75 Å². The van der Waals surface area contributed by atoms with Crippen LogP contribution in [-0.4, -0.2) is 47.8 Å². The number of methoxy groups -OCH3 is 1. The summed E-state index contributed by atoms with van der Waals surface area (Å²) in [5, 5.41) is 0.358. The zero-order valence-corrected chi connectivity index (χ0v) is 18.9. The molecule has 0 aliphatic rings. The molecule has 1 amide bonds. The molecule has 1 unspecified atom stereocenters. The van der Waals surface area contributed by atoms with E-state index in [0.29, 0.717) is 26.9 Å². The van der Waals surface area contributed by atoms with Gasteiger partial charge in [-0.1, -0.05) is 24.6 Å². The van der Waals surface area contributed by atoms with E-state index in [1.54, 1.807) is 49.7 Å². The summed E-state index contributed by atoms with van der Waals surface area (Å²) in [4.78, 5) is 19.4. The van der Waals surface area contributed by atoms with Crippen molar-refractivity contribution in [3.63, 3.8) is 0 Å². The van der Waals surface area contributed by atoms with Gasteiger partial charge in [-0.3, -0.25) is 4.79 Å². The highest BCUT2D eigenvalue weighted by molar-refractivity contribution is 7.94. The number of nitrogens with zero attached hydrogens (tertiary/aromatic N) is 3. The van der Waals surface area contributed by atoms with Crippen LogP contribution in [0.3, 0.4) is 0 Å². The molecule has 0 radical (unpaired) electrons. The summed E-state index contributed by atoms with van der Waals surface area (Å²) >= 11 is 6.38. The van der Waals surface area contributed by atoms with Crippen LogP contribution in [0.15, 0.2) is 50.6 Å². The lowest BCUT2D eigenvalue weighted by atomic mass is 10.2. The van der Waals surface area contributed by atoms with E-state index in [4.69, 9.17) is 16.3 Å². The normalized spacial score (nSPS) is 13.2. The number of ether oxygens (including phenoxy) is 1. The average molecular weight is 436 g/mol. The highest BCUT2D eigenvalue weighted by atomic mass is 35.5. The fraction of sp³-hybridized carbons (Fsp3) is 0.333. The number of rotatable bonds is 7. The maximum Gasteiger partial charge on any atom is 0.285 e. The van der Waals surface area contributed by atoms with Crippen molar-refractivity contribution >= 4 is 39.3 Å². The Morgan fingerprint density at radius 1 is 1.28 bits per heavy atom. The molecule has 0 N–H and O–H groups in total. The van der Waals surface area contributed by atoms with Gasteiger partial charge in [0.05, 0.1) is 38.8 Å². The lowest BCUT2D eigenvalue weighted by Crippen LogP contribution is -2.14. The number of benzene rings is 2. The van der Waals surface area contributed by atoms with Crippen molar-refractivity contribution in [2.45, 2.75) is 25.7 Å². The largest absolute Gasteiger partial charge is 0.497 e. The number of hydrogen-bond donors (Lipinski definition) is 0. The molecule has 29 heavy (non-hydrogen) atoms. The van der Waals surface area contributed by atoms with Crippen molar-refractivity contribution in [2.75, 3.05) is 26.5 Å². The summed E-state index contributed by atoms with van der Waals surface area (Å²) in [5.41, 5.74) is 1.61. The predicted molar refractivity (Wildman–Crippen MR) is 119 cm³/mol. The zero-order chi connectivity index (χ0) is 21.6. The summed E-state index contributed by atoms with van der Waals surface area (Å²) in [6, 6.07) is 9.97. The van der Waals surface area contributed by atoms with Gasteiger partial charge in [-0.05, 0) is 49.7 Å². The summed E-state index contributed by atoms with van der Waals surface area (Å²) in [5.74, 6) is 0.159. The molecule has 6 nitrogen and oxygen atoms in total. The van der Waals surface area contributed by atoms with Crippen LogP contribution in [0.5, 0.6) is 5.75 Å². The Bertz CT molecular complexity index is 1040. The first-order valence-electron chi connectivity index (χ1n) is 9.21. The van der Waals surface area contributed by atoms with Crippen molar-refractivity contribution < 1.29 is 13.7 Å². The first-order valence-corrected chi connectivity index (χ1v) is 11.3. The molecule has 0 aliphatic heterocycles. The van der Waals surface area contributed by atoms with E-state index in [0.717, 1.165) is 12.1 Å². The summed E-state index contributed by atoms with van der Waals surface area (Å²) < 4.78 is 22.8. The SMILES string of the molecule is CCN(C)C=Nc1cc(C)c(S(=O)(CC)=NC(=O)c2cccc(OC)c2)cc1Cl. The van der Waals surface area contributed by atoms with E-state index >= 15 is 0 Å². The number of amides is 1. The van der Waals surface area contributed by atoms with Gasteiger partial charge in [-0.15, -0.1) is 0 Å². The van der Waals surface area contributed by atoms with Gasteiger partial charge in [0.15, 0.2) is 0 Å². The first-order chi connectivity index (χ1) is 13.7. The topological polar surface area (TPSA) is 71.3 Å². The van der Waals surface area contributed by atoms with E-state index in [-0.39, 0.29) is 5.75 Å². The highest BCUT2D eigenvalue weighted by Gasteiger charge is 2.19. The maximum absolute atomic E-state index is 13.6. The van der Waals surface area contributed by atoms with Crippen LogP contribution in [0.4, 0.5) is 5.69 Å². The van der Waals surface area contributed by atoms with Crippen LogP contribution in [-0.2, 0) is 9.73 Å². The van der Waals surface area contributed by atoms with E-state index < -0.39 is 15.6 Å². The maximum atomic E-state index is 13.6. The molecular formula is C21H26ClN3O3S. The Labute approximate surface area is 177 Å². The molecule has 2 aromatic carbocycles. The minimum Gasteiger partial charge on any atom is -0.497 e. The van der Waals surface area contributed by atoms with Gasteiger partial charge < -0.3 is 9.64 Å². The van der Waals surface area contributed by atoms with Crippen molar-refractivity contribution in [2.24, 2.45) is 9.36 Å². The van der Waals surface area contributed by atoms with Gasteiger partial charge in [-0.25, -0.2) is 9.20 Å². The lowest BCUT2D eigenvalue weighted by molar-refractivity contribution is 0.100. The molecule has 0 heterocycles. The standard InChI is InChI=1S/C21H26ClN3O3S/c1-6-25(4)14-23-19-11-15(3)20(13-18(19)22)29(27,7-2)24-21(26)16-9-8-10-17(12-16)28-5/h8-14H,6-7H2,1-5H3. The molecule has 0 fully saturated rings. The third kappa shape index (κ3) is 5.58. The van der Waals surface area contributed by atoms with Gasteiger partial charge in [-0.2, -0.15) is 4.36 Å². The van der Waals surface area contributed by atoms with Gasteiger partial charge in [0, 0.05) is 24.9 Å². The molecule has 2 aromatic rings. The summed E-state index contributed by atoms with van der Waals surface area (Å²) in [6.45, 7) is 6.38. The van der Waals surface area contributed by atoms with Gasteiger partial charge >= 0.3 is 0 Å². The van der Waals surface area contributed by atoms with E-state index in [2.05, 4.69) is 9.36 Å². The molecule has 0 aromatic heterocycles. The second kappa shape index (κ2) is 9.89. The van der Waals surface area contributed by atoms with Crippen molar-refractivity contribution in [1.82, 2.24) is 4.90 Å². The molecule has 2 rings (SSSR count). The predicted octanol–water partition coefficient (Wildman–Crippen LogP) is 4.96. The van der Waals surface area contributed by atoms with E-state index in [1.807, 2.05) is 25.8 Å². The van der Waals surface area contributed by atoms with Crippen molar-refractivity contribution in [3.05, 3.63) is 52.5 Å². The van der Waals surface area contributed by atoms with E-state index in [1.165, 1.54) is 7.11 Å². The second-order valence-corrected chi connectivity index (χ2v) is 9.33. The quantitative estimate of drug-likeness (QED) is 0.455. The average Bonchev–Trinajstić information content (AvgIpc) is 2.73. The second-order valence-electron chi connectivity index (χ2n) is 6.44. The highest BCUT2D eigenvalue weighted by Crippen LogP contribution is 2.32. The lowest BCUT2D eigenvalue weighted by Gasteiger charge is -2.13. The number of carbonyl (C=O) groups is 1. The van der Waals surface area contributed by atoms with Crippen LogP contribution in [0.1, 0.15) is 29.8 Å². The smallest absolute Gasteiger partial charge is 0.285 e. The molecule has 1 atom stereocenters. The molecule has 0 spiro atoms. The number of aliphatic imine (C=N–C) groups is 1. The first kappa shape index (κ1) is 22.9. The third-order valence-corrected chi connectivity index (χ3v) is 7.09. The molecule has 156 valence electrons. The Morgan fingerprint density at radius 2 is 2.00 bits per heavy atom. The molecule has 0 saturated carbocycles. The van der Waals surface area contributed by atoms with Crippen LogP contribution in [0.25, 0.3) is 0 Å². The van der Waals surface area contributed by atoms with Crippen LogP contribution < -0.4 is 4.74 Å². The van der Waals surface area contributed by atoms with Crippen molar-refractivity contribution in [3.8, 4) is 5.75 Å².